The Hall–Kier alpha value is -0.320. The molecule has 88 valence electrons. The Kier molecular flexibility index (Phi) is 4.37. The number of aliphatic hydroxyl groups excluding tert-OH is 1. The summed E-state index contributed by atoms with van der Waals surface area (Å²) in [6, 6.07) is 0.286. The molecule has 15 heavy (non-hydrogen) atoms. The highest BCUT2D eigenvalue weighted by Gasteiger charge is 2.36. The van der Waals surface area contributed by atoms with Gasteiger partial charge in [-0.15, -0.1) is 12.4 Å². The number of carbonyl (C=O) groups excluding carboxylic acids is 1. The SMILES string of the molecule is C[C@H]1NCCC[C@H]1C(=O)N1CC(O)C1.Cl. The van der Waals surface area contributed by atoms with Crippen LogP contribution in [0.4, 0.5) is 0 Å². The number of amides is 1. The van der Waals surface area contributed by atoms with Crippen molar-refractivity contribution in [3.05, 3.63) is 0 Å². The quantitative estimate of drug-likeness (QED) is 0.672. The summed E-state index contributed by atoms with van der Waals surface area (Å²) in [5.74, 6) is 0.339. The van der Waals surface area contributed by atoms with Crippen LogP contribution in [0.2, 0.25) is 0 Å². The fraction of sp³-hybridized carbons (Fsp3) is 0.900. The molecule has 0 unspecified atom stereocenters. The van der Waals surface area contributed by atoms with Crippen LogP contribution in [0.25, 0.3) is 0 Å². The molecule has 0 bridgehead atoms. The van der Waals surface area contributed by atoms with Crippen molar-refractivity contribution >= 4 is 18.3 Å². The minimum atomic E-state index is -0.286. The van der Waals surface area contributed by atoms with Crippen LogP contribution in [0.5, 0.6) is 0 Å². The van der Waals surface area contributed by atoms with Gasteiger partial charge in [0.1, 0.15) is 0 Å². The number of hydrogen-bond donors (Lipinski definition) is 2. The number of likely N-dealkylation sites (tertiary alicyclic amines) is 1. The molecule has 2 N–H and O–H groups in total. The first-order valence-electron chi connectivity index (χ1n) is 5.38. The standard InChI is InChI=1S/C10H18N2O2.ClH/c1-7-9(3-2-4-11-7)10(14)12-5-8(13)6-12;/h7-9,11,13H,2-6H2,1H3;1H/t7-,9-;/m1./s1. The molecule has 5 heteroatoms. The molecule has 0 saturated carbocycles. The predicted octanol–water partition coefficient (Wildman–Crippen LogP) is -0.000600. The number of carbonyl (C=O) groups is 1. The van der Waals surface area contributed by atoms with E-state index in [4.69, 9.17) is 5.11 Å². The molecular formula is C10H19ClN2O2. The van der Waals surface area contributed by atoms with Crippen molar-refractivity contribution in [1.82, 2.24) is 10.2 Å². The Morgan fingerprint density at radius 3 is 2.67 bits per heavy atom. The molecule has 0 radical (unpaired) electrons. The molecule has 2 aliphatic rings. The molecule has 0 aromatic rings. The Labute approximate surface area is 96.4 Å². The van der Waals surface area contributed by atoms with E-state index in [1.165, 1.54) is 0 Å². The van der Waals surface area contributed by atoms with Gasteiger partial charge in [0.25, 0.3) is 0 Å². The Bertz CT molecular complexity index is 231. The fourth-order valence-electron chi connectivity index (χ4n) is 2.25. The highest BCUT2D eigenvalue weighted by atomic mass is 35.5. The number of halogens is 1. The van der Waals surface area contributed by atoms with E-state index in [9.17, 15) is 4.79 Å². The van der Waals surface area contributed by atoms with Gasteiger partial charge in [0, 0.05) is 19.1 Å². The highest BCUT2D eigenvalue weighted by molar-refractivity contribution is 5.85. The summed E-state index contributed by atoms with van der Waals surface area (Å²) in [7, 11) is 0. The van der Waals surface area contributed by atoms with Gasteiger partial charge in [-0.1, -0.05) is 0 Å². The van der Waals surface area contributed by atoms with E-state index < -0.39 is 0 Å². The Morgan fingerprint density at radius 2 is 2.13 bits per heavy atom. The van der Waals surface area contributed by atoms with Gasteiger partial charge in [-0.3, -0.25) is 4.79 Å². The van der Waals surface area contributed by atoms with Crippen molar-refractivity contribution in [3.8, 4) is 0 Å². The van der Waals surface area contributed by atoms with E-state index in [1.54, 1.807) is 4.90 Å². The Morgan fingerprint density at radius 1 is 1.47 bits per heavy atom. The van der Waals surface area contributed by atoms with E-state index in [0.717, 1.165) is 19.4 Å². The first-order chi connectivity index (χ1) is 6.68. The molecule has 0 aromatic carbocycles. The zero-order valence-corrected chi connectivity index (χ0v) is 9.80. The lowest BCUT2D eigenvalue weighted by Gasteiger charge is -2.40. The molecule has 0 aliphatic carbocycles. The number of hydrogen-bond acceptors (Lipinski definition) is 3. The number of piperidine rings is 1. The molecule has 2 atom stereocenters. The van der Waals surface area contributed by atoms with Crippen LogP contribution >= 0.6 is 12.4 Å². The van der Waals surface area contributed by atoms with Gasteiger partial charge in [0.2, 0.25) is 5.91 Å². The maximum absolute atomic E-state index is 11.9. The van der Waals surface area contributed by atoms with Crippen molar-refractivity contribution in [2.45, 2.75) is 31.9 Å². The maximum Gasteiger partial charge on any atom is 0.227 e. The number of rotatable bonds is 1. The normalized spacial score (nSPS) is 31.7. The van der Waals surface area contributed by atoms with E-state index in [2.05, 4.69) is 12.2 Å². The topological polar surface area (TPSA) is 52.6 Å². The number of β-amino-alcohol motifs (C(OH)–C–C–N with tert-alkyl or cyclic N) is 1. The number of nitrogens with one attached hydrogen (secondary N) is 1. The van der Waals surface area contributed by atoms with Crippen molar-refractivity contribution < 1.29 is 9.90 Å². The van der Waals surface area contributed by atoms with E-state index >= 15 is 0 Å². The van der Waals surface area contributed by atoms with Crippen LogP contribution in [0.15, 0.2) is 0 Å². The molecule has 1 amide bonds. The molecule has 2 fully saturated rings. The van der Waals surface area contributed by atoms with Gasteiger partial charge in [-0.25, -0.2) is 0 Å². The average Bonchev–Trinajstić information content (AvgIpc) is 2.13. The molecule has 4 nitrogen and oxygen atoms in total. The zero-order valence-electron chi connectivity index (χ0n) is 8.98. The molecular weight excluding hydrogens is 216 g/mol. The lowest BCUT2D eigenvalue weighted by molar-refractivity contribution is -0.147. The third-order valence-electron chi connectivity index (χ3n) is 3.25. The summed E-state index contributed by atoms with van der Waals surface area (Å²) in [6.07, 6.45) is 1.78. The van der Waals surface area contributed by atoms with Crippen LogP contribution in [0.1, 0.15) is 19.8 Å². The van der Waals surface area contributed by atoms with Crippen LogP contribution < -0.4 is 5.32 Å². The Balaban J connectivity index is 0.00000112. The average molecular weight is 235 g/mol. The summed E-state index contributed by atoms with van der Waals surface area (Å²) >= 11 is 0. The van der Waals surface area contributed by atoms with Crippen LogP contribution in [-0.2, 0) is 4.79 Å². The number of aliphatic hydroxyl groups is 1. The van der Waals surface area contributed by atoms with Gasteiger partial charge >= 0.3 is 0 Å². The van der Waals surface area contributed by atoms with Crippen molar-refractivity contribution in [2.75, 3.05) is 19.6 Å². The van der Waals surface area contributed by atoms with Gasteiger partial charge in [0.05, 0.1) is 12.0 Å². The third-order valence-corrected chi connectivity index (χ3v) is 3.25. The molecule has 2 saturated heterocycles. The predicted molar refractivity (Wildman–Crippen MR) is 60.0 cm³/mol. The van der Waals surface area contributed by atoms with Gasteiger partial charge in [0.15, 0.2) is 0 Å². The second-order valence-electron chi connectivity index (χ2n) is 4.39. The summed E-state index contributed by atoms with van der Waals surface area (Å²) in [5, 5.41) is 12.4. The summed E-state index contributed by atoms with van der Waals surface area (Å²) in [5.41, 5.74) is 0. The summed E-state index contributed by atoms with van der Waals surface area (Å²) in [4.78, 5) is 13.7. The van der Waals surface area contributed by atoms with Crippen LogP contribution in [0, 0.1) is 5.92 Å². The summed E-state index contributed by atoms with van der Waals surface area (Å²) in [6.45, 7) is 4.15. The molecule has 2 rings (SSSR count). The van der Waals surface area contributed by atoms with Crippen molar-refractivity contribution in [2.24, 2.45) is 5.92 Å². The molecule has 2 aliphatic heterocycles. The largest absolute Gasteiger partial charge is 0.389 e. The smallest absolute Gasteiger partial charge is 0.227 e. The summed E-state index contributed by atoms with van der Waals surface area (Å²) < 4.78 is 0. The van der Waals surface area contributed by atoms with E-state index in [0.29, 0.717) is 13.1 Å². The first kappa shape index (κ1) is 12.7. The monoisotopic (exact) mass is 234 g/mol. The molecule has 0 spiro atoms. The second kappa shape index (κ2) is 5.14. The zero-order chi connectivity index (χ0) is 10.1. The minimum absolute atomic E-state index is 0. The molecule has 0 aromatic heterocycles. The lowest BCUT2D eigenvalue weighted by atomic mass is 9.89. The van der Waals surface area contributed by atoms with Gasteiger partial charge in [-0.05, 0) is 26.3 Å². The number of nitrogens with zero attached hydrogens (tertiary/aromatic N) is 1. The maximum atomic E-state index is 11.9. The van der Waals surface area contributed by atoms with E-state index in [-0.39, 0.29) is 36.4 Å². The van der Waals surface area contributed by atoms with E-state index in [1.807, 2.05) is 0 Å². The molecule has 2 heterocycles. The highest BCUT2D eigenvalue weighted by Crippen LogP contribution is 2.21. The minimum Gasteiger partial charge on any atom is -0.389 e. The van der Waals surface area contributed by atoms with Crippen molar-refractivity contribution in [3.63, 3.8) is 0 Å². The fourth-order valence-corrected chi connectivity index (χ4v) is 2.25. The van der Waals surface area contributed by atoms with Crippen LogP contribution in [0.3, 0.4) is 0 Å². The van der Waals surface area contributed by atoms with Gasteiger partial charge < -0.3 is 15.3 Å². The third kappa shape index (κ3) is 2.62. The van der Waals surface area contributed by atoms with Crippen molar-refractivity contribution in [1.29, 1.82) is 0 Å². The second-order valence-corrected chi connectivity index (χ2v) is 4.39. The van der Waals surface area contributed by atoms with Gasteiger partial charge in [-0.2, -0.15) is 0 Å². The first-order valence-corrected chi connectivity index (χ1v) is 5.38. The van der Waals surface area contributed by atoms with Crippen LogP contribution in [-0.4, -0.2) is 47.7 Å². The lowest BCUT2D eigenvalue weighted by Crippen LogP contribution is -2.58.